The predicted octanol–water partition coefficient (Wildman–Crippen LogP) is 3.64. The highest BCUT2D eigenvalue weighted by Crippen LogP contribution is 2.40. The molecule has 9 heteroatoms. The highest BCUT2D eigenvalue weighted by atomic mass is 32.1. The molecule has 0 saturated carbocycles. The van der Waals surface area contributed by atoms with Gasteiger partial charge < -0.3 is 10.1 Å². The lowest BCUT2D eigenvalue weighted by molar-refractivity contribution is -0.380. The van der Waals surface area contributed by atoms with Crippen LogP contribution in [0.3, 0.4) is 0 Å². The summed E-state index contributed by atoms with van der Waals surface area (Å²) >= 11 is 2.18. The van der Waals surface area contributed by atoms with Crippen molar-refractivity contribution in [2.24, 2.45) is 0 Å². The van der Waals surface area contributed by atoms with Crippen LogP contribution >= 0.6 is 22.7 Å². The van der Waals surface area contributed by atoms with E-state index in [4.69, 9.17) is 4.74 Å². The number of thiophene rings is 2. The maximum atomic E-state index is 12.3. The number of fused-ring (bicyclic) bond motifs is 1. The number of anilines is 1. The first-order valence-electron chi connectivity index (χ1n) is 7.38. The Morgan fingerprint density at radius 3 is 2.79 bits per heavy atom. The Morgan fingerprint density at radius 2 is 2.12 bits per heavy atom. The molecule has 24 heavy (non-hydrogen) atoms. The van der Waals surface area contributed by atoms with Crippen molar-refractivity contribution in [3.8, 4) is 0 Å². The van der Waals surface area contributed by atoms with E-state index in [2.05, 4.69) is 5.32 Å². The van der Waals surface area contributed by atoms with Crippen LogP contribution < -0.4 is 5.32 Å². The molecule has 3 rings (SSSR count). The third-order valence-electron chi connectivity index (χ3n) is 3.62. The Hall–Kier alpha value is -2.26. The molecule has 0 unspecified atom stereocenters. The van der Waals surface area contributed by atoms with Crippen molar-refractivity contribution >= 4 is 44.6 Å². The zero-order valence-corrected chi connectivity index (χ0v) is 14.4. The molecule has 2 aromatic heterocycles. The lowest BCUT2D eigenvalue weighted by Gasteiger charge is -2.07. The van der Waals surface area contributed by atoms with Gasteiger partial charge in [0, 0.05) is 10.9 Å². The van der Waals surface area contributed by atoms with E-state index in [-0.39, 0.29) is 16.5 Å². The van der Waals surface area contributed by atoms with Gasteiger partial charge in [-0.1, -0.05) is 11.3 Å². The average Bonchev–Trinajstić information content (AvgIpc) is 3.22. The van der Waals surface area contributed by atoms with Crippen LogP contribution in [0.15, 0.2) is 12.1 Å². The quantitative estimate of drug-likeness (QED) is 0.495. The van der Waals surface area contributed by atoms with E-state index in [1.54, 1.807) is 6.92 Å². The maximum absolute atomic E-state index is 12.3. The Labute approximate surface area is 145 Å². The summed E-state index contributed by atoms with van der Waals surface area (Å²) in [7, 11) is 0. The van der Waals surface area contributed by atoms with Gasteiger partial charge in [-0.15, -0.1) is 11.3 Å². The molecule has 1 aliphatic carbocycles. The van der Waals surface area contributed by atoms with Crippen molar-refractivity contribution in [2.75, 3.05) is 11.9 Å². The van der Waals surface area contributed by atoms with Crippen LogP contribution in [0, 0.1) is 10.1 Å². The first kappa shape index (κ1) is 16.6. The fourth-order valence-electron chi connectivity index (χ4n) is 2.62. The van der Waals surface area contributed by atoms with Gasteiger partial charge >= 0.3 is 11.0 Å². The van der Waals surface area contributed by atoms with Crippen LogP contribution in [0.25, 0.3) is 0 Å². The zero-order valence-electron chi connectivity index (χ0n) is 12.8. The molecule has 1 aliphatic rings. The molecule has 0 atom stereocenters. The number of nitrogens with one attached hydrogen (secondary N) is 1. The lowest BCUT2D eigenvalue weighted by Crippen LogP contribution is -2.14. The first-order chi connectivity index (χ1) is 11.5. The molecule has 0 radical (unpaired) electrons. The van der Waals surface area contributed by atoms with Crippen molar-refractivity contribution in [3.05, 3.63) is 43.1 Å². The number of carbonyl (C=O) groups excluding carboxylic acids is 2. The van der Waals surface area contributed by atoms with Gasteiger partial charge in [-0.25, -0.2) is 4.79 Å². The minimum absolute atomic E-state index is 0.0977. The highest BCUT2D eigenvalue weighted by molar-refractivity contribution is 7.18. The number of nitrogens with zero attached hydrogens (tertiary/aromatic N) is 1. The number of amides is 1. The molecule has 7 nitrogen and oxygen atoms in total. The fraction of sp³-hybridized carbons (Fsp3) is 0.333. The summed E-state index contributed by atoms with van der Waals surface area (Å²) in [6, 6.07) is 2.70. The second-order valence-corrected chi connectivity index (χ2v) is 7.30. The van der Waals surface area contributed by atoms with Crippen LogP contribution in [-0.2, 0) is 17.6 Å². The van der Waals surface area contributed by atoms with Gasteiger partial charge in [0.1, 0.15) is 5.00 Å². The molecule has 0 fully saturated rings. The van der Waals surface area contributed by atoms with Crippen LogP contribution in [0.1, 0.15) is 43.8 Å². The summed E-state index contributed by atoms with van der Waals surface area (Å²) in [5.41, 5.74) is 1.37. The largest absolute Gasteiger partial charge is 0.462 e. The second kappa shape index (κ2) is 6.70. The van der Waals surface area contributed by atoms with E-state index in [1.165, 1.54) is 23.5 Å². The van der Waals surface area contributed by atoms with Gasteiger partial charge in [0.2, 0.25) is 0 Å². The number of hydrogen-bond donors (Lipinski definition) is 1. The summed E-state index contributed by atoms with van der Waals surface area (Å²) in [5, 5.41) is 13.8. The topological polar surface area (TPSA) is 98.5 Å². The van der Waals surface area contributed by atoms with Crippen LogP contribution in [0.5, 0.6) is 0 Å². The molecule has 1 amide bonds. The van der Waals surface area contributed by atoms with Gasteiger partial charge in [0.15, 0.2) is 0 Å². The predicted molar refractivity (Wildman–Crippen MR) is 91.2 cm³/mol. The third kappa shape index (κ3) is 3.04. The number of carbonyl (C=O) groups is 2. The molecular formula is C15H14N2O5S2. The molecule has 126 valence electrons. The van der Waals surface area contributed by atoms with Crippen molar-refractivity contribution in [3.63, 3.8) is 0 Å². The smallest absolute Gasteiger partial charge is 0.341 e. The minimum atomic E-state index is -0.537. The Bertz CT molecular complexity index is 824. The molecule has 2 aromatic rings. The zero-order chi connectivity index (χ0) is 17.3. The van der Waals surface area contributed by atoms with Crippen molar-refractivity contribution < 1.29 is 19.2 Å². The van der Waals surface area contributed by atoms with Crippen LogP contribution in [-0.4, -0.2) is 23.4 Å². The number of ether oxygens (including phenoxy) is 1. The number of hydrogen-bond acceptors (Lipinski definition) is 7. The van der Waals surface area contributed by atoms with Gasteiger partial charge in [-0.05, 0) is 37.8 Å². The minimum Gasteiger partial charge on any atom is -0.462 e. The van der Waals surface area contributed by atoms with Crippen LogP contribution in [0.2, 0.25) is 0 Å². The van der Waals surface area contributed by atoms with Gasteiger partial charge in [0.05, 0.1) is 22.0 Å². The maximum Gasteiger partial charge on any atom is 0.341 e. The number of rotatable bonds is 5. The number of aryl methyl sites for hydroxylation is 1. The van der Waals surface area contributed by atoms with Crippen molar-refractivity contribution in [1.29, 1.82) is 0 Å². The summed E-state index contributed by atoms with van der Waals surface area (Å²) in [6.07, 6.45) is 2.66. The summed E-state index contributed by atoms with van der Waals surface area (Å²) in [6.45, 7) is 1.99. The first-order valence-corrected chi connectivity index (χ1v) is 9.01. The van der Waals surface area contributed by atoms with Crippen molar-refractivity contribution in [1.82, 2.24) is 0 Å². The molecule has 0 aliphatic heterocycles. The van der Waals surface area contributed by atoms with Gasteiger partial charge in [-0.3, -0.25) is 14.9 Å². The lowest BCUT2D eigenvalue weighted by atomic mass is 10.1. The molecule has 1 N–H and O–H groups in total. The van der Waals surface area contributed by atoms with E-state index < -0.39 is 16.8 Å². The molecule has 0 spiro atoms. The van der Waals surface area contributed by atoms with E-state index >= 15 is 0 Å². The highest BCUT2D eigenvalue weighted by Gasteiger charge is 2.29. The van der Waals surface area contributed by atoms with E-state index in [0.29, 0.717) is 10.6 Å². The monoisotopic (exact) mass is 366 g/mol. The second-order valence-electron chi connectivity index (χ2n) is 5.13. The molecule has 0 bridgehead atoms. The molecular weight excluding hydrogens is 352 g/mol. The van der Waals surface area contributed by atoms with Gasteiger partial charge in [-0.2, -0.15) is 0 Å². The standard InChI is InChI=1S/C15H14N2O5S2/c1-2-22-15(19)12-8-4-3-5-9(8)24-14(12)16-13(18)10-6-7-11(23-10)17(20)21/h6-7H,2-5H2,1H3,(H,16,18). The van der Waals surface area contributed by atoms with E-state index in [9.17, 15) is 19.7 Å². The van der Waals surface area contributed by atoms with Crippen molar-refractivity contribution in [2.45, 2.75) is 26.2 Å². The average molecular weight is 366 g/mol. The van der Waals surface area contributed by atoms with E-state index in [1.807, 2.05) is 0 Å². The Balaban J connectivity index is 1.87. The molecule has 0 saturated heterocycles. The summed E-state index contributed by atoms with van der Waals surface area (Å²) < 4.78 is 5.10. The summed E-state index contributed by atoms with van der Waals surface area (Å²) in [4.78, 5) is 36.1. The third-order valence-corrected chi connectivity index (χ3v) is 5.87. The Morgan fingerprint density at radius 1 is 1.33 bits per heavy atom. The summed E-state index contributed by atoms with van der Waals surface area (Å²) in [5.74, 6) is -0.900. The number of esters is 1. The number of nitro groups is 1. The molecule has 2 heterocycles. The fourth-order valence-corrected chi connectivity index (χ4v) is 4.61. The van der Waals surface area contributed by atoms with Crippen LogP contribution in [0.4, 0.5) is 10.0 Å². The Kier molecular flexibility index (Phi) is 4.63. The van der Waals surface area contributed by atoms with E-state index in [0.717, 1.165) is 41.0 Å². The van der Waals surface area contributed by atoms with Gasteiger partial charge in [0.25, 0.3) is 5.91 Å². The normalized spacial score (nSPS) is 12.7. The SMILES string of the molecule is CCOC(=O)c1c(NC(=O)c2ccc([N+](=O)[O-])s2)sc2c1CCC2. The molecule has 0 aromatic carbocycles.